The van der Waals surface area contributed by atoms with Crippen molar-refractivity contribution in [3.05, 3.63) is 72.8 Å². The number of benzene rings is 3. The topological polar surface area (TPSA) is 38.1 Å². The monoisotopic (exact) mass is 471 g/mol. The third-order valence-electron chi connectivity index (χ3n) is 6.51. The number of hydrogen-bond acceptors (Lipinski definition) is 4. The predicted molar refractivity (Wildman–Crippen MR) is 137 cm³/mol. The summed E-state index contributed by atoms with van der Waals surface area (Å²) in [4.78, 5) is 22.7. The van der Waals surface area contributed by atoms with E-state index in [2.05, 4.69) is 34.9 Å². The molecule has 6 heteroatoms. The summed E-state index contributed by atoms with van der Waals surface area (Å²) in [5.41, 5.74) is 4.13. The minimum Gasteiger partial charge on any atom is -0.316 e. The van der Waals surface area contributed by atoms with Crippen LogP contribution in [0.15, 0.2) is 87.7 Å². The lowest BCUT2D eigenvalue weighted by Crippen LogP contribution is -2.30. The molecule has 0 N–H and O–H groups in total. The van der Waals surface area contributed by atoms with Crippen LogP contribution in [0.25, 0.3) is 11.0 Å². The van der Waals surface area contributed by atoms with Crippen molar-refractivity contribution in [2.24, 2.45) is 0 Å². The molecule has 1 aliphatic carbocycles. The summed E-state index contributed by atoms with van der Waals surface area (Å²) in [5, 5.41) is 0.962. The fourth-order valence-corrected chi connectivity index (χ4v) is 6.97. The number of aromatic nitrogens is 2. The summed E-state index contributed by atoms with van der Waals surface area (Å²) in [7, 11) is 0. The minimum atomic E-state index is 0.0856. The van der Waals surface area contributed by atoms with E-state index < -0.39 is 0 Å². The Bertz CT molecular complexity index is 1280. The highest BCUT2D eigenvalue weighted by molar-refractivity contribution is 8.00. The van der Waals surface area contributed by atoms with Crippen LogP contribution in [-0.4, -0.2) is 21.2 Å². The highest BCUT2D eigenvalue weighted by Gasteiger charge is 2.29. The van der Waals surface area contributed by atoms with Crippen molar-refractivity contribution in [2.45, 2.75) is 53.1 Å². The van der Waals surface area contributed by atoms with Gasteiger partial charge in [-0.2, -0.15) is 0 Å². The van der Waals surface area contributed by atoms with Crippen molar-refractivity contribution in [1.82, 2.24) is 9.55 Å². The molecule has 0 saturated heterocycles. The zero-order valence-corrected chi connectivity index (χ0v) is 19.9. The molecule has 1 aromatic heterocycles. The lowest BCUT2D eigenvalue weighted by molar-refractivity contribution is -0.115. The van der Waals surface area contributed by atoms with Gasteiger partial charge in [-0.1, -0.05) is 79.2 Å². The molecule has 33 heavy (non-hydrogen) atoms. The van der Waals surface area contributed by atoms with Gasteiger partial charge in [0.1, 0.15) is 0 Å². The van der Waals surface area contributed by atoms with Gasteiger partial charge in [0.15, 0.2) is 5.16 Å². The number of carbonyl (C=O) groups is 1. The van der Waals surface area contributed by atoms with Gasteiger partial charge in [-0.3, -0.25) is 9.69 Å². The van der Waals surface area contributed by atoms with Crippen LogP contribution in [0.1, 0.15) is 38.1 Å². The van der Waals surface area contributed by atoms with Crippen LogP contribution in [-0.2, 0) is 4.79 Å². The average molecular weight is 472 g/mol. The van der Waals surface area contributed by atoms with Crippen LogP contribution in [0, 0.1) is 0 Å². The maximum atomic E-state index is 13.7. The molecular weight excluding hydrogens is 446 g/mol. The Kier molecular flexibility index (Phi) is 5.64. The Morgan fingerprint density at radius 1 is 0.879 bits per heavy atom. The first-order chi connectivity index (χ1) is 16.3. The van der Waals surface area contributed by atoms with Gasteiger partial charge in [-0.25, -0.2) is 4.98 Å². The molecule has 4 aromatic rings. The summed E-state index contributed by atoms with van der Waals surface area (Å²) in [6.45, 7) is 0. The molecule has 0 unspecified atom stereocenters. The lowest BCUT2D eigenvalue weighted by atomic mass is 9.95. The van der Waals surface area contributed by atoms with Crippen molar-refractivity contribution in [2.75, 3.05) is 10.7 Å². The first-order valence-electron chi connectivity index (χ1n) is 11.6. The smallest absolute Gasteiger partial charge is 0.242 e. The molecule has 6 rings (SSSR count). The number of para-hydroxylation sites is 4. The van der Waals surface area contributed by atoms with Crippen LogP contribution >= 0.6 is 23.5 Å². The van der Waals surface area contributed by atoms with E-state index in [0.717, 1.165) is 31.8 Å². The first kappa shape index (κ1) is 20.9. The summed E-state index contributed by atoms with van der Waals surface area (Å²) in [6.07, 6.45) is 6.21. The zero-order valence-electron chi connectivity index (χ0n) is 18.3. The average Bonchev–Trinajstić information content (AvgIpc) is 3.24. The van der Waals surface area contributed by atoms with Crippen LogP contribution in [0.5, 0.6) is 0 Å². The van der Waals surface area contributed by atoms with Crippen LogP contribution in [0.4, 0.5) is 11.4 Å². The van der Waals surface area contributed by atoms with Gasteiger partial charge in [-0.15, -0.1) is 0 Å². The van der Waals surface area contributed by atoms with Crippen LogP contribution in [0.2, 0.25) is 0 Å². The van der Waals surface area contributed by atoms with Gasteiger partial charge in [0.05, 0.1) is 28.2 Å². The quantitative estimate of drug-likeness (QED) is 0.290. The molecule has 1 aliphatic heterocycles. The number of nitrogens with zero attached hydrogens (tertiary/aromatic N) is 3. The van der Waals surface area contributed by atoms with Crippen molar-refractivity contribution in [3.8, 4) is 0 Å². The molecule has 2 aliphatic rings. The minimum absolute atomic E-state index is 0.0856. The van der Waals surface area contributed by atoms with Gasteiger partial charge in [0.25, 0.3) is 0 Å². The molecule has 1 amide bonds. The Balaban J connectivity index is 1.32. The molecule has 0 atom stereocenters. The molecule has 0 bridgehead atoms. The van der Waals surface area contributed by atoms with E-state index in [4.69, 9.17) is 4.98 Å². The van der Waals surface area contributed by atoms with Gasteiger partial charge in [-0.05, 0) is 49.2 Å². The molecule has 4 nitrogen and oxygen atoms in total. The van der Waals surface area contributed by atoms with E-state index in [0.29, 0.717) is 11.8 Å². The molecule has 166 valence electrons. The van der Waals surface area contributed by atoms with E-state index in [1.807, 2.05) is 47.4 Å². The third-order valence-corrected chi connectivity index (χ3v) is 8.58. The van der Waals surface area contributed by atoms with Crippen LogP contribution < -0.4 is 4.90 Å². The zero-order chi connectivity index (χ0) is 22.2. The number of amides is 1. The van der Waals surface area contributed by atoms with Gasteiger partial charge in [0.2, 0.25) is 5.91 Å². The Hall–Kier alpha value is -2.70. The van der Waals surface area contributed by atoms with Gasteiger partial charge in [0, 0.05) is 15.8 Å². The van der Waals surface area contributed by atoms with E-state index in [1.54, 1.807) is 23.5 Å². The number of thioether (sulfide) groups is 1. The first-order valence-corrected chi connectivity index (χ1v) is 13.4. The third kappa shape index (κ3) is 3.85. The van der Waals surface area contributed by atoms with E-state index >= 15 is 0 Å². The SMILES string of the molecule is O=C(CSc1nc2ccccc2n1C1CCCCC1)N1c2ccccc2Sc2ccccc21. The highest BCUT2D eigenvalue weighted by Crippen LogP contribution is 2.48. The molecular formula is C27H25N3OS2. The summed E-state index contributed by atoms with van der Waals surface area (Å²) in [5.74, 6) is 0.436. The second-order valence-corrected chi connectivity index (χ2v) is 10.6. The number of imidazole rings is 1. The van der Waals surface area contributed by atoms with E-state index in [9.17, 15) is 4.79 Å². The van der Waals surface area contributed by atoms with E-state index in [1.165, 1.54) is 37.6 Å². The second kappa shape index (κ2) is 8.92. The largest absolute Gasteiger partial charge is 0.316 e. The molecule has 3 aromatic carbocycles. The maximum Gasteiger partial charge on any atom is 0.242 e. The molecule has 0 spiro atoms. The number of rotatable bonds is 4. The number of fused-ring (bicyclic) bond motifs is 3. The Labute approximate surface area is 202 Å². The van der Waals surface area contributed by atoms with E-state index in [-0.39, 0.29) is 5.91 Å². The predicted octanol–water partition coefficient (Wildman–Crippen LogP) is 7.46. The van der Waals surface area contributed by atoms with Crippen molar-refractivity contribution < 1.29 is 4.79 Å². The normalized spacial score (nSPS) is 15.9. The Morgan fingerprint density at radius 3 is 2.24 bits per heavy atom. The molecule has 2 heterocycles. The molecule has 1 saturated carbocycles. The summed E-state index contributed by atoms with van der Waals surface area (Å²) >= 11 is 3.30. The summed E-state index contributed by atoms with van der Waals surface area (Å²) < 4.78 is 2.40. The summed E-state index contributed by atoms with van der Waals surface area (Å²) in [6, 6.07) is 25.2. The molecule has 1 fully saturated rings. The number of hydrogen-bond donors (Lipinski definition) is 0. The van der Waals surface area contributed by atoms with Crippen molar-refractivity contribution in [3.63, 3.8) is 0 Å². The van der Waals surface area contributed by atoms with Crippen molar-refractivity contribution >= 4 is 51.8 Å². The van der Waals surface area contributed by atoms with Gasteiger partial charge >= 0.3 is 0 Å². The highest BCUT2D eigenvalue weighted by atomic mass is 32.2. The second-order valence-electron chi connectivity index (χ2n) is 8.60. The lowest BCUT2D eigenvalue weighted by Gasteiger charge is -2.31. The fraction of sp³-hybridized carbons (Fsp3) is 0.259. The maximum absolute atomic E-state index is 13.7. The standard InChI is InChI=1S/C27H25N3OS2/c31-26(30-22-14-6-8-16-24(22)33-25-17-9-7-15-23(25)30)18-32-27-28-20-12-4-5-13-21(20)29(27)19-10-2-1-3-11-19/h4-9,12-17,19H,1-3,10-11,18H2. The fourth-order valence-electron chi connectivity index (χ4n) is 4.98. The number of carbonyl (C=O) groups excluding carboxylic acids is 1. The van der Waals surface area contributed by atoms with Crippen molar-refractivity contribution in [1.29, 1.82) is 0 Å². The van der Waals surface area contributed by atoms with Crippen LogP contribution in [0.3, 0.4) is 0 Å². The molecule has 0 radical (unpaired) electrons. The number of anilines is 2. The van der Waals surface area contributed by atoms with Gasteiger partial charge < -0.3 is 4.57 Å². The Morgan fingerprint density at radius 2 is 1.52 bits per heavy atom.